The first-order valence-electron chi connectivity index (χ1n) is 6.80. The summed E-state index contributed by atoms with van der Waals surface area (Å²) in [6, 6.07) is 8.93. The normalized spacial score (nSPS) is 21.1. The molecule has 1 heterocycles. The van der Waals surface area contributed by atoms with Crippen LogP contribution < -0.4 is 5.73 Å². The van der Waals surface area contributed by atoms with Gasteiger partial charge in [0, 0.05) is 23.3 Å². The van der Waals surface area contributed by atoms with Crippen molar-refractivity contribution < 1.29 is 4.74 Å². The minimum atomic E-state index is 0.278. The third-order valence-electron chi connectivity index (χ3n) is 3.37. The molecule has 2 rings (SSSR count). The fraction of sp³-hybridized carbons (Fsp3) is 0.600. The minimum Gasteiger partial charge on any atom is -0.378 e. The molecule has 1 aromatic rings. The fourth-order valence-corrected chi connectivity index (χ4v) is 3.09. The average Bonchev–Trinajstić information content (AvgIpc) is 2.89. The third kappa shape index (κ3) is 4.63. The van der Waals surface area contributed by atoms with Gasteiger partial charge in [-0.3, -0.25) is 0 Å². The number of nitrogens with two attached hydrogens (primary N) is 1. The molecule has 2 atom stereocenters. The number of thioether (sulfide) groups is 1. The molecule has 1 aliphatic heterocycles. The Morgan fingerprint density at radius 2 is 2.17 bits per heavy atom. The molecule has 0 radical (unpaired) electrons. The zero-order valence-corrected chi connectivity index (χ0v) is 11.9. The van der Waals surface area contributed by atoms with Crippen molar-refractivity contribution in [3.8, 4) is 0 Å². The maximum Gasteiger partial charge on any atom is 0.0576 e. The first kappa shape index (κ1) is 13.9. The van der Waals surface area contributed by atoms with E-state index < -0.39 is 0 Å². The molecular weight excluding hydrogens is 242 g/mol. The van der Waals surface area contributed by atoms with Crippen LogP contribution in [0, 0.1) is 6.92 Å². The number of aryl methyl sites for hydroxylation is 1. The van der Waals surface area contributed by atoms with E-state index in [2.05, 4.69) is 31.2 Å². The van der Waals surface area contributed by atoms with Crippen LogP contribution in [0.15, 0.2) is 29.2 Å². The molecule has 0 amide bonds. The van der Waals surface area contributed by atoms with E-state index in [1.54, 1.807) is 0 Å². The van der Waals surface area contributed by atoms with Crippen molar-refractivity contribution in [2.75, 3.05) is 12.4 Å². The van der Waals surface area contributed by atoms with Gasteiger partial charge in [0.05, 0.1) is 6.10 Å². The highest BCUT2D eigenvalue weighted by Crippen LogP contribution is 2.22. The van der Waals surface area contributed by atoms with Crippen molar-refractivity contribution in [1.29, 1.82) is 0 Å². The van der Waals surface area contributed by atoms with Gasteiger partial charge in [0.15, 0.2) is 0 Å². The molecule has 1 saturated heterocycles. The Kier molecular flexibility index (Phi) is 5.54. The molecule has 3 heteroatoms. The lowest BCUT2D eigenvalue weighted by Crippen LogP contribution is -2.24. The molecule has 0 aliphatic carbocycles. The topological polar surface area (TPSA) is 35.2 Å². The summed E-state index contributed by atoms with van der Waals surface area (Å²) in [5.41, 5.74) is 7.46. The van der Waals surface area contributed by atoms with E-state index in [-0.39, 0.29) is 6.04 Å². The Bertz CT molecular complexity index is 346. The van der Waals surface area contributed by atoms with Crippen LogP contribution in [0.2, 0.25) is 0 Å². The minimum absolute atomic E-state index is 0.278. The highest BCUT2D eigenvalue weighted by molar-refractivity contribution is 7.99. The summed E-state index contributed by atoms with van der Waals surface area (Å²) in [5.74, 6) is 0.996. The molecule has 1 aromatic carbocycles. The Morgan fingerprint density at radius 3 is 2.83 bits per heavy atom. The number of hydrogen-bond acceptors (Lipinski definition) is 3. The van der Waals surface area contributed by atoms with Gasteiger partial charge in [-0.15, -0.1) is 11.8 Å². The van der Waals surface area contributed by atoms with Crippen LogP contribution in [-0.4, -0.2) is 24.5 Å². The van der Waals surface area contributed by atoms with Crippen LogP contribution in [-0.2, 0) is 4.74 Å². The van der Waals surface area contributed by atoms with Crippen LogP contribution in [0.25, 0.3) is 0 Å². The van der Waals surface area contributed by atoms with Crippen LogP contribution in [0.1, 0.15) is 31.2 Å². The quantitative estimate of drug-likeness (QED) is 0.801. The van der Waals surface area contributed by atoms with E-state index in [1.165, 1.54) is 23.3 Å². The summed E-state index contributed by atoms with van der Waals surface area (Å²) in [6.07, 6.45) is 5.11. The monoisotopic (exact) mass is 265 g/mol. The molecule has 100 valence electrons. The SMILES string of the molecule is Cc1ccc(SCC(N)CCC2CCCO2)cc1. The average molecular weight is 265 g/mol. The Hall–Kier alpha value is -0.510. The van der Waals surface area contributed by atoms with Gasteiger partial charge in [0.2, 0.25) is 0 Å². The van der Waals surface area contributed by atoms with Crippen LogP contribution in [0.4, 0.5) is 0 Å². The van der Waals surface area contributed by atoms with E-state index in [4.69, 9.17) is 10.5 Å². The second-order valence-electron chi connectivity index (χ2n) is 5.10. The summed E-state index contributed by atoms with van der Waals surface area (Å²) < 4.78 is 5.62. The van der Waals surface area contributed by atoms with E-state index >= 15 is 0 Å². The van der Waals surface area contributed by atoms with Gasteiger partial charge in [-0.1, -0.05) is 17.7 Å². The van der Waals surface area contributed by atoms with Crippen molar-refractivity contribution in [2.24, 2.45) is 5.73 Å². The van der Waals surface area contributed by atoms with Crippen molar-refractivity contribution in [3.63, 3.8) is 0 Å². The molecule has 0 aromatic heterocycles. The Balaban J connectivity index is 1.64. The van der Waals surface area contributed by atoms with E-state index in [0.29, 0.717) is 6.10 Å². The zero-order valence-electron chi connectivity index (χ0n) is 11.1. The van der Waals surface area contributed by atoms with Crippen LogP contribution >= 0.6 is 11.8 Å². The lowest BCUT2D eigenvalue weighted by molar-refractivity contribution is 0.101. The summed E-state index contributed by atoms with van der Waals surface area (Å²) in [4.78, 5) is 1.31. The number of benzene rings is 1. The van der Waals surface area contributed by atoms with Crippen molar-refractivity contribution in [3.05, 3.63) is 29.8 Å². The molecule has 0 saturated carbocycles. The van der Waals surface area contributed by atoms with Gasteiger partial charge in [-0.05, 0) is 44.7 Å². The standard InChI is InChI=1S/C15H23NOS/c1-12-4-8-15(9-5-12)18-11-13(16)6-7-14-3-2-10-17-14/h4-5,8-9,13-14H,2-3,6-7,10-11,16H2,1H3. The maximum absolute atomic E-state index is 6.15. The highest BCUT2D eigenvalue weighted by Gasteiger charge is 2.16. The zero-order chi connectivity index (χ0) is 12.8. The largest absolute Gasteiger partial charge is 0.378 e. The number of ether oxygens (including phenoxy) is 1. The summed E-state index contributed by atoms with van der Waals surface area (Å²) in [5, 5.41) is 0. The lowest BCUT2D eigenvalue weighted by Gasteiger charge is -2.14. The van der Waals surface area contributed by atoms with E-state index in [0.717, 1.165) is 25.2 Å². The van der Waals surface area contributed by atoms with E-state index in [1.807, 2.05) is 11.8 Å². The first-order chi connectivity index (χ1) is 8.74. The number of rotatable bonds is 6. The molecule has 2 unspecified atom stereocenters. The highest BCUT2D eigenvalue weighted by atomic mass is 32.2. The molecule has 0 spiro atoms. The van der Waals surface area contributed by atoms with Crippen molar-refractivity contribution in [1.82, 2.24) is 0 Å². The van der Waals surface area contributed by atoms with Crippen LogP contribution in [0.5, 0.6) is 0 Å². The van der Waals surface area contributed by atoms with Gasteiger partial charge < -0.3 is 10.5 Å². The molecule has 1 fully saturated rings. The van der Waals surface area contributed by atoms with E-state index in [9.17, 15) is 0 Å². The lowest BCUT2D eigenvalue weighted by atomic mass is 10.1. The molecule has 18 heavy (non-hydrogen) atoms. The fourth-order valence-electron chi connectivity index (χ4n) is 2.19. The summed E-state index contributed by atoms with van der Waals surface area (Å²) in [7, 11) is 0. The smallest absolute Gasteiger partial charge is 0.0576 e. The summed E-state index contributed by atoms with van der Waals surface area (Å²) >= 11 is 1.85. The second kappa shape index (κ2) is 7.17. The predicted molar refractivity (Wildman–Crippen MR) is 78.1 cm³/mol. The molecule has 1 aliphatic rings. The number of hydrogen-bond donors (Lipinski definition) is 1. The molecular formula is C15H23NOS. The van der Waals surface area contributed by atoms with Gasteiger partial charge >= 0.3 is 0 Å². The first-order valence-corrected chi connectivity index (χ1v) is 7.79. The molecule has 2 nitrogen and oxygen atoms in total. The van der Waals surface area contributed by atoms with Gasteiger partial charge in [-0.25, -0.2) is 0 Å². The molecule has 2 N–H and O–H groups in total. The predicted octanol–water partition coefficient (Wildman–Crippen LogP) is 3.37. The third-order valence-corrected chi connectivity index (χ3v) is 4.57. The second-order valence-corrected chi connectivity index (χ2v) is 6.19. The van der Waals surface area contributed by atoms with Gasteiger partial charge in [-0.2, -0.15) is 0 Å². The van der Waals surface area contributed by atoms with Crippen LogP contribution in [0.3, 0.4) is 0 Å². The van der Waals surface area contributed by atoms with Crippen molar-refractivity contribution >= 4 is 11.8 Å². The maximum atomic E-state index is 6.15. The summed E-state index contributed by atoms with van der Waals surface area (Å²) in [6.45, 7) is 3.06. The Morgan fingerprint density at radius 1 is 1.39 bits per heavy atom. The van der Waals surface area contributed by atoms with Gasteiger partial charge in [0.1, 0.15) is 0 Å². The molecule has 0 bridgehead atoms. The Labute approximate surface area is 114 Å². The van der Waals surface area contributed by atoms with Gasteiger partial charge in [0.25, 0.3) is 0 Å². The van der Waals surface area contributed by atoms with Crippen molar-refractivity contribution in [2.45, 2.75) is 49.6 Å².